The molecule has 0 bridgehead atoms. The van der Waals surface area contributed by atoms with Gasteiger partial charge in [-0.15, -0.1) is 0 Å². The van der Waals surface area contributed by atoms with Crippen LogP contribution in [0.2, 0.25) is 0 Å². The van der Waals surface area contributed by atoms with E-state index in [-0.39, 0.29) is 0 Å². The highest BCUT2D eigenvalue weighted by Gasteiger charge is 2.57. The van der Waals surface area contributed by atoms with Crippen molar-refractivity contribution in [2.24, 2.45) is 5.92 Å². The summed E-state index contributed by atoms with van der Waals surface area (Å²) in [7, 11) is 2.53. The van der Waals surface area contributed by atoms with Crippen LogP contribution in [0.4, 0.5) is 0 Å². The van der Waals surface area contributed by atoms with Gasteiger partial charge >= 0.3 is 0 Å². The van der Waals surface area contributed by atoms with Crippen LogP contribution in [0, 0.1) is 5.92 Å². The minimum absolute atomic E-state index is 0.519. The Hall–Kier alpha value is -0.300. The topological polar surface area (TPSA) is 0 Å². The summed E-state index contributed by atoms with van der Waals surface area (Å²) < 4.78 is 1.35. The van der Waals surface area contributed by atoms with Crippen LogP contribution in [0.25, 0.3) is 0 Å². The van der Waals surface area contributed by atoms with Crippen molar-refractivity contribution in [3.05, 3.63) is 11.1 Å². The Labute approximate surface area is 100 Å². The molecule has 16 heavy (non-hydrogen) atoms. The third kappa shape index (κ3) is 1.21. The highest BCUT2D eigenvalue weighted by Crippen LogP contribution is 2.52. The van der Waals surface area contributed by atoms with Gasteiger partial charge in [-0.2, -0.15) is 0 Å². The lowest BCUT2D eigenvalue weighted by atomic mass is 9.79. The molecule has 1 heteroatoms. The summed E-state index contributed by atoms with van der Waals surface area (Å²) in [5.74, 6) is 0.974. The number of rotatable bonds is 1. The molecule has 0 unspecified atom stereocenters. The highest BCUT2D eigenvalue weighted by atomic mass is 15.4. The molecule has 1 fully saturated rings. The largest absolute Gasteiger partial charge is 0.317 e. The molecule has 1 aliphatic carbocycles. The van der Waals surface area contributed by atoms with Crippen LogP contribution in [-0.4, -0.2) is 30.2 Å². The molecular formula is C15H26N+. The summed E-state index contributed by atoms with van der Waals surface area (Å²) in [6.45, 7) is 7.79. The lowest BCUT2D eigenvalue weighted by Gasteiger charge is -2.48. The summed E-state index contributed by atoms with van der Waals surface area (Å²) in [6, 6.07) is 0. The number of quaternary nitrogens is 1. The molecule has 2 heterocycles. The minimum Gasteiger partial charge on any atom is -0.317 e. The van der Waals surface area contributed by atoms with Crippen molar-refractivity contribution in [1.29, 1.82) is 0 Å². The van der Waals surface area contributed by atoms with E-state index >= 15 is 0 Å². The maximum absolute atomic E-state index is 2.57. The first kappa shape index (κ1) is 10.8. The van der Waals surface area contributed by atoms with Gasteiger partial charge in [0, 0.05) is 18.8 Å². The summed E-state index contributed by atoms with van der Waals surface area (Å²) in [4.78, 5) is 0. The molecule has 2 aliphatic heterocycles. The maximum atomic E-state index is 2.57. The number of hydrogen-bond donors (Lipinski definition) is 0. The lowest BCUT2D eigenvalue weighted by Crippen LogP contribution is -2.59. The van der Waals surface area contributed by atoms with Crippen LogP contribution < -0.4 is 0 Å². The molecule has 0 saturated carbocycles. The van der Waals surface area contributed by atoms with Crippen LogP contribution >= 0.6 is 0 Å². The van der Waals surface area contributed by atoms with E-state index in [0.717, 1.165) is 5.92 Å². The van der Waals surface area contributed by atoms with Crippen LogP contribution in [-0.2, 0) is 0 Å². The zero-order valence-electron chi connectivity index (χ0n) is 11.2. The number of fused-ring (bicyclic) bond motifs is 2. The second-order valence-corrected chi connectivity index (χ2v) is 6.74. The Morgan fingerprint density at radius 1 is 1.31 bits per heavy atom. The first-order valence-electron chi connectivity index (χ1n) is 7.15. The third-order valence-corrected chi connectivity index (χ3v) is 6.01. The predicted octanol–water partition coefficient (Wildman–Crippen LogP) is 3.51. The Kier molecular flexibility index (Phi) is 2.27. The van der Waals surface area contributed by atoms with E-state index in [0.29, 0.717) is 5.54 Å². The van der Waals surface area contributed by atoms with Crippen molar-refractivity contribution in [2.75, 3.05) is 20.1 Å². The van der Waals surface area contributed by atoms with E-state index in [4.69, 9.17) is 0 Å². The summed E-state index contributed by atoms with van der Waals surface area (Å²) in [5, 5.41) is 0. The summed E-state index contributed by atoms with van der Waals surface area (Å²) in [5.41, 5.74) is 4.26. The molecule has 3 rings (SSSR count). The lowest BCUT2D eigenvalue weighted by molar-refractivity contribution is -0.941. The van der Waals surface area contributed by atoms with Crippen molar-refractivity contribution in [2.45, 2.75) is 57.9 Å². The van der Waals surface area contributed by atoms with E-state index in [1.807, 2.05) is 11.1 Å². The Morgan fingerprint density at radius 3 is 2.88 bits per heavy atom. The van der Waals surface area contributed by atoms with E-state index < -0.39 is 0 Å². The van der Waals surface area contributed by atoms with Gasteiger partial charge in [0.05, 0.1) is 20.1 Å². The zero-order chi connectivity index (χ0) is 11.4. The molecule has 0 aromatic rings. The van der Waals surface area contributed by atoms with Gasteiger partial charge in [0.25, 0.3) is 0 Å². The van der Waals surface area contributed by atoms with Gasteiger partial charge in [-0.3, -0.25) is 0 Å². The van der Waals surface area contributed by atoms with E-state index in [2.05, 4.69) is 20.9 Å². The van der Waals surface area contributed by atoms with E-state index in [1.165, 1.54) is 56.1 Å². The Balaban J connectivity index is 2.02. The van der Waals surface area contributed by atoms with Crippen molar-refractivity contribution in [3.63, 3.8) is 0 Å². The monoisotopic (exact) mass is 220 g/mol. The molecule has 1 nitrogen and oxygen atoms in total. The standard InChI is InChI=1S/C15H26N/c1-4-12-10-15(2)14-7-5-6-13(14)8-9-16(15,3)11-12/h12H,4-11H2,1-3H3/q+1/t12-,15+,16+/m1/s1. The van der Waals surface area contributed by atoms with Gasteiger partial charge in [-0.05, 0) is 38.2 Å². The van der Waals surface area contributed by atoms with E-state index in [1.54, 1.807) is 0 Å². The number of likely N-dealkylation sites (N-methyl/N-ethyl adjacent to an activating group) is 1. The SMILES string of the molecule is CC[C@@H]1C[C@@]2(C)C3=C(CCC3)CC[N@@+]2(C)C1. The second-order valence-electron chi connectivity index (χ2n) is 6.74. The van der Waals surface area contributed by atoms with Crippen molar-refractivity contribution in [3.8, 4) is 0 Å². The highest BCUT2D eigenvalue weighted by molar-refractivity contribution is 5.31. The third-order valence-electron chi connectivity index (χ3n) is 6.01. The first-order chi connectivity index (χ1) is 7.59. The summed E-state index contributed by atoms with van der Waals surface area (Å²) >= 11 is 0. The van der Waals surface area contributed by atoms with E-state index in [9.17, 15) is 0 Å². The minimum atomic E-state index is 0.519. The Bertz CT molecular complexity index is 343. The molecule has 3 atom stereocenters. The molecule has 0 spiro atoms. The zero-order valence-corrected chi connectivity index (χ0v) is 11.2. The summed E-state index contributed by atoms with van der Waals surface area (Å²) in [6.07, 6.45) is 8.51. The smallest absolute Gasteiger partial charge is 0.118 e. The van der Waals surface area contributed by atoms with Gasteiger partial charge in [0.1, 0.15) is 5.54 Å². The fraction of sp³-hybridized carbons (Fsp3) is 0.867. The fourth-order valence-corrected chi connectivity index (χ4v) is 4.79. The molecule has 0 radical (unpaired) electrons. The molecule has 0 aromatic heterocycles. The Morgan fingerprint density at radius 2 is 2.12 bits per heavy atom. The van der Waals surface area contributed by atoms with Gasteiger partial charge in [0.15, 0.2) is 0 Å². The van der Waals surface area contributed by atoms with Crippen molar-refractivity contribution >= 4 is 0 Å². The van der Waals surface area contributed by atoms with Crippen LogP contribution in [0.5, 0.6) is 0 Å². The fourth-order valence-electron chi connectivity index (χ4n) is 4.79. The number of nitrogens with zero attached hydrogens (tertiary/aromatic N) is 1. The predicted molar refractivity (Wildman–Crippen MR) is 68.2 cm³/mol. The average molecular weight is 220 g/mol. The van der Waals surface area contributed by atoms with Gasteiger partial charge in [-0.25, -0.2) is 0 Å². The quantitative estimate of drug-likeness (QED) is 0.468. The second kappa shape index (κ2) is 3.35. The first-order valence-corrected chi connectivity index (χ1v) is 7.15. The molecule has 0 amide bonds. The van der Waals surface area contributed by atoms with Crippen LogP contribution in [0.3, 0.4) is 0 Å². The molecular weight excluding hydrogens is 194 g/mol. The normalized spacial score (nSPS) is 47.1. The molecule has 0 aromatic carbocycles. The molecule has 90 valence electrons. The van der Waals surface area contributed by atoms with Crippen LogP contribution in [0.15, 0.2) is 11.1 Å². The molecule has 3 aliphatic rings. The molecule has 0 N–H and O–H groups in total. The van der Waals surface area contributed by atoms with Crippen molar-refractivity contribution in [1.82, 2.24) is 0 Å². The van der Waals surface area contributed by atoms with Crippen LogP contribution in [0.1, 0.15) is 52.4 Å². The van der Waals surface area contributed by atoms with Gasteiger partial charge in [-0.1, -0.05) is 12.5 Å². The van der Waals surface area contributed by atoms with Gasteiger partial charge < -0.3 is 4.48 Å². The molecule has 1 saturated heterocycles. The van der Waals surface area contributed by atoms with Gasteiger partial charge in [0.2, 0.25) is 0 Å². The average Bonchev–Trinajstić information content (AvgIpc) is 2.81. The maximum Gasteiger partial charge on any atom is 0.118 e. The number of hydrogen-bond acceptors (Lipinski definition) is 0. The van der Waals surface area contributed by atoms with Crippen molar-refractivity contribution < 1.29 is 4.48 Å².